The van der Waals surface area contributed by atoms with E-state index in [0.29, 0.717) is 11.1 Å². The Balaban J connectivity index is 1.78. The Bertz CT molecular complexity index is 892. The first-order valence-electron chi connectivity index (χ1n) is 7.22. The number of hydrogen-bond acceptors (Lipinski definition) is 6. The van der Waals surface area contributed by atoms with Crippen molar-refractivity contribution in [2.75, 3.05) is 0 Å². The van der Waals surface area contributed by atoms with E-state index in [1.165, 1.54) is 36.4 Å². The number of aromatic hydroxyl groups is 1. The normalized spacial score (nSPS) is 15.8. The Kier molecular flexibility index (Phi) is 4.53. The van der Waals surface area contributed by atoms with Crippen molar-refractivity contribution in [2.24, 2.45) is 0 Å². The first-order chi connectivity index (χ1) is 11.9. The molecular weight excluding hydrogens is 344 g/mol. The van der Waals surface area contributed by atoms with Crippen molar-refractivity contribution >= 4 is 34.7 Å². The molecule has 0 spiro atoms. The van der Waals surface area contributed by atoms with E-state index in [1.807, 2.05) is 0 Å². The van der Waals surface area contributed by atoms with Crippen LogP contribution in [0.15, 0.2) is 53.4 Å². The monoisotopic (exact) mass is 356 g/mol. The second-order valence-corrected chi connectivity index (χ2v) is 6.28. The summed E-state index contributed by atoms with van der Waals surface area (Å²) in [6, 6.07) is 12.0. The van der Waals surface area contributed by atoms with Gasteiger partial charge in [-0.05, 0) is 41.1 Å². The molecule has 2 amide bonds. The fourth-order valence-corrected chi connectivity index (χ4v) is 3.15. The second kappa shape index (κ2) is 6.78. The Morgan fingerprint density at radius 3 is 2.52 bits per heavy atom. The molecule has 0 saturated carbocycles. The van der Waals surface area contributed by atoms with Crippen molar-refractivity contribution in [3.63, 3.8) is 0 Å². The summed E-state index contributed by atoms with van der Waals surface area (Å²) in [4.78, 5) is 36.0. The third-order valence-electron chi connectivity index (χ3n) is 3.53. The van der Waals surface area contributed by atoms with Crippen LogP contribution in [-0.4, -0.2) is 26.1 Å². The van der Waals surface area contributed by atoms with Crippen LogP contribution in [-0.2, 0) is 11.3 Å². The van der Waals surface area contributed by atoms with Gasteiger partial charge in [0.15, 0.2) is 0 Å². The molecule has 1 heterocycles. The highest BCUT2D eigenvalue weighted by atomic mass is 32.2. The van der Waals surface area contributed by atoms with Crippen molar-refractivity contribution in [2.45, 2.75) is 6.54 Å². The molecule has 25 heavy (non-hydrogen) atoms. The van der Waals surface area contributed by atoms with Gasteiger partial charge >= 0.3 is 0 Å². The molecule has 3 rings (SSSR count). The lowest BCUT2D eigenvalue weighted by molar-refractivity contribution is -0.384. The molecule has 126 valence electrons. The number of phenols is 1. The molecular formula is C17H12N2O5S. The lowest BCUT2D eigenvalue weighted by Crippen LogP contribution is -2.27. The van der Waals surface area contributed by atoms with Crippen LogP contribution in [0, 0.1) is 10.1 Å². The van der Waals surface area contributed by atoms with Gasteiger partial charge in [-0.1, -0.05) is 24.3 Å². The average Bonchev–Trinajstić information content (AvgIpc) is 2.83. The molecule has 1 fully saturated rings. The smallest absolute Gasteiger partial charge is 0.293 e. The molecule has 1 aliphatic rings. The fraction of sp³-hybridized carbons (Fsp3) is 0.0588. The number of benzene rings is 2. The second-order valence-electron chi connectivity index (χ2n) is 5.29. The highest BCUT2D eigenvalue weighted by molar-refractivity contribution is 8.18. The molecule has 0 atom stereocenters. The molecule has 0 radical (unpaired) electrons. The van der Waals surface area contributed by atoms with Gasteiger partial charge < -0.3 is 5.11 Å². The lowest BCUT2D eigenvalue weighted by Gasteiger charge is -2.12. The van der Waals surface area contributed by atoms with Crippen LogP contribution in [0.1, 0.15) is 11.1 Å². The Hall–Kier alpha value is -3.13. The molecule has 0 bridgehead atoms. The van der Waals surface area contributed by atoms with E-state index in [4.69, 9.17) is 0 Å². The van der Waals surface area contributed by atoms with Crippen molar-refractivity contribution in [3.8, 4) is 5.75 Å². The van der Waals surface area contributed by atoms with Gasteiger partial charge in [-0.3, -0.25) is 24.6 Å². The van der Waals surface area contributed by atoms with Gasteiger partial charge in [-0.15, -0.1) is 0 Å². The van der Waals surface area contributed by atoms with Crippen LogP contribution < -0.4 is 0 Å². The topological polar surface area (TPSA) is 101 Å². The Labute approximate surface area is 146 Å². The first-order valence-corrected chi connectivity index (χ1v) is 8.03. The van der Waals surface area contributed by atoms with E-state index in [9.17, 15) is 24.8 Å². The molecule has 8 heteroatoms. The minimum absolute atomic E-state index is 0.0417. The summed E-state index contributed by atoms with van der Waals surface area (Å²) >= 11 is 0.818. The van der Waals surface area contributed by atoms with Crippen molar-refractivity contribution in [3.05, 3.63) is 74.7 Å². The van der Waals surface area contributed by atoms with Crippen molar-refractivity contribution in [1.82, 2.24) is 4.90 Å². The Morgan fingerprint density at radius 2 is 1.88 bits per heavy atom. The van der Waals surface area contributed by atoms with E-state index >= 15 is 0 Å². The number of hydrogen-bond donors (Lipinski definition) is 1. The number of amides is 2. The summed E-state index contributed by atoms with van der Waals surface area (Å²) in [5, 5.41) is 19.7. The van der Waals surface area contributed by atoms with E-state index in [1.54, 1.807) is 18.2 Å². The molecule has 0 aromatic heterocycles. The minimum Gasteiger partial charge on any atom is -0.508 e. The van der Waals surface area contributed by atoms with Crippen LogP contribution in [0.4, 0.5) is 10.5 Å². The number of carbonyl (C=O) groups is 2. The first kappa shape index (κ1) is 16.7. The molecule has 0 unspecified atom stereocenters. The molecule has 2 aromatic carbocycles. The van der Waals surface area contributed by atoms with Crippen LogP contribution in [0.25, 0.3) is 6.08 Å². The third kappa shape index (κ3) is 3.69. The largest absolute Gasteiger partial charge is 0.508 e. The molecule has 1 saturated heterocycles. The third-order valence-corrected chi connectivity index (χ3v) is 4.44. The van der Waals surface area contributed by atoms with Gasteiger partial charge in [0.05, 0.1) is 16.4 Å². The number of imide groups is 1. The van der Waals surface area contributed by atoms with Gasteiger partial charge in [-0.2, -0.15) is 0 Å². The zero-order chi connectivity index (χ0) is 18.0. The predicted molar refractivity (Wildman–Crippen MR) is 92.7 cm³/mol. The zero-order valence-electron chi connectivity index (χ0n) is 12.8. The summed E-state index contributed by atoms with van der Waals surface area (Å²) in [5.41, 5.74) is 1.18. The number of carbonyl (C=O) groups excluding carboxylic acids is 2. The highest BCUT2D eigenvalue weighted by Crippen LogP contribution is 2.33. The molecule has 2 aromatic rings. The number of nitro groups is 1. The van der Waals surface area contributed by atoms with E-state index in [2.05, 4.69) is 0 Å². The maximum Gasteiger partial charge on any atom is 0.293 e. The van der Waals surface area contributed by atoms with Gasteiger partial charge in [-0.25, -0.2) is 0 Å². The van der Waals surface area contributed by atoms with Gasteiger partial charge in [0.2, 0.25) is 0 Å². The quantitative estimate of drug-likeness (QED) is 0.511. The molecule has 0 aliphatic carbocycles. The van der Waals surface area contributed by atoms with Gasteiger partial charge in [0.1, 0.15) is 5.75 Å². The molecule has 1 N–H and O–H groups in total. The Morgan fingerprint density at radius 1 is 1.16 bits per heavy atom. The molecule has 1 aliphatic heterocycles. The number of non-ortho nitro benzene ring substituents is 1. The van der Waals surface area contributed by atoms with E-state index in [0.717, 1.165) is 16.7 Å². The summed E-state index contributed by atoms with van der Waals surface area (Å²) in [5.74, 6) is -0.365. The standard InChI is InChI=1S/C17H12N2O5S/c20-14-3-1-2-12(8-14)9-15-16(21)18(17(22)25-15)10-11-4-6-13(7-5-11)19(23)24/h1-9,20H,10H2/b15-9-. The number of phenolic OH excluding ortho intramolecular Hbond substituents is 1. The van der Waals surface area contributed by atoms with Crippen LogP contribution in [0.3, 0.4) is 0 Å². The summed E-state index contributed by atoms with van der Waals surface area (Å²) < 4.78 is 0. The van der Waals surface area contributed by atoms with Crippen LogP contribution in [0.2, 0.25) is 0 Å². The SMILES string of the molecule is O=C1S/C(=C\c2cccc(O)c2)C(=O)N1Cc1ccc([N+](=O)[O-])cc1. The number of nitrogens with zero attached hydrogens (tertiary/aromatic N) is 2. The van der Waals surface area contributed by atoms with Crippen molar-refractivity contribution in [1.29, 1.82) is 0 Å². The van der Waals surface area contributed by atoms with Gasteiger partial charge in [0, 0.05) is 12.1 Å². The van der Waals surface area contributed by atoms with E-state index < -0.39 is 16.1 Å². The zero-order valence-corrected chi connectivity index (χ0v) is 13.6. The predicted octanol–water partition coefficient (Wildman–Crippen LogP) is 3.54. The lowest BCUT2D eigenvalue weighted by atomic mass is 10.2. The summed E-state index contributed by atoms with van der Waals surface area (Å²) in [6.45, 7) is 0.0417. The van der Waals surface area contributed by atoms with Crippen LogP contribution >= 0.6 is 11.8 Å². The number of nitro benzene ring substituents is 1. The van der Waals surface area contributed by atoms with Gasteiger partial charge in [0.25, 0.3) is 16.8 Å². The maximum absolute atomic E-state index is 12.4. The van der Waals surface area contributed by atoms with Crippen molar-refractivity contribution < 1.29 is 19.6 Å². The summed E-state index contributed by atoms with van der Waals surface area (Å²) in [6.07, 6.45) is 1.54. The maximum atomic E-state index is 12.4. The van der Waals surface area contributed by atoms with E-state index in [-0.39, 0.29) is 22.9 Å². The minimum atomic E-state index is -0.512. The fourth-order valence-electron chi connectivity index (χ4n) is 2.31. The number of thioether (sulfide) groups is 1. The summed E-state index contributed by atoms with van der Waals surface area (Å²) in [7, 11) is 0. The average molecular weight is 356 g/mol. The van der Waals surface area contributed by atoms with Crippen LogP contribution in [0.5, 0.6) is 5.75 Å². The number of rotatable bonds is 4. The highest BCUT2D eigenvalue weighted by Gasteiger charge is 2.35. The molecule has 7 nitrogen and oxygen atoms in total.